The van der Waals surface area contributed by atoms with Gasteiger partial charge in [-0.1, -0.05) is 37.3 Å². The zero-order valence-corrected chi connectivity index (χ0v) is 22.1. The molecule has 3 aliphatic rings. The molecule has 4 rings (SSSR count). The van der Waals surface area contributed by atoms with Gasteiger partial charge < -0.3 is 10.2 Å². The zero-order valence-electron chi connectivity index (χ0n) is 21.3. The molecule has 1 aromatic carbocycles. The molecule has 196 valence electrons. The molecule has 0 bridgehead atoms. The molecule has 1 N–H and O–H groups in total. The largest absolute Gasteiger partial charge is 0.356 e. The Bertz CT molecular complexity index is 897. The number of amides is 1. The monoisotopic (exact) mass is 505 g/mol. The molecule has 1 amide bonds. The Morgan fingerprint density at radius 1 is 0.914 bits per heavy atom. The van der Waals surface area contributed by atoms with Gasteiger partial charge in [-0.05, 0) is 50.1 Å². The molecule has 3 saturated heterocycles. The van der Waals surface area contributed by atoms with Gasteiger partial charge in [0, 0.05) is 65.4 Å². The minimum atomic E-state index is -3.46. The van der Waals surface area contributed by atoms with Gasteiger partial charge in [0.05, 0.1) is 5.92 Å². The molecular formula is C26H43N5O3S. The summed E-state index contributed by atoms with van der Waals surface area (Å²) in [5.74, 6) is 0.341. The lowest BCUT2D eigenvalue weighted by Gasteiger charge is -2.37. The Morgan fingerprint density at radius 3 is 2.31 bits per heavy atom. The van der Waals surface area contributed by atoms with Crippen molar-refractivity contribution in [3.05, 3.63) is 35.9 Å². The van der Waals surface area contributed by atoms with Gasteiger partial charge >= 0.3 is 0 Å². The fraction of sp³-hybridized carbons (Fsp3) is 0.731. The van der Waals surface area contributed by atoms with Crippen LogP contribution in [0.5, 0.6) is 0 Å². The summed E-state index contributed by atoms with van der Waals surface area (Å²) in [6.07, 6.45) is 4.26. The number of piperidine rings is 2. The minimum absolute atomic E-state index is 0.00449. The molecule has 0 saturated carbocycles. The van der Waals surface area contributed by atoms with Crippen LogP contribution >= 0.6 is 0 Å². The van der Waals surface area contributed by atoms with Crippen LogP contribution in [0.3, 0.4) is 0 Å². The van der Waals surface area contributed by atoms with E-state index in [9.17, 15) is 13.2 Å². The summed E-state index contributed by atoms with van der Waals surface area (Å²) in [5.41, 5.74) is 1.36. The third kappa shape index (κ3) is 7.49. The number of rotatable bonds is 9. The maximum atomic E-state index is 13.1. The lowest BCUT2D eigenvalue weighted by molar-refractivity contribution is -0.126. The number of carbonyl (C=O) groups excluding carboxylic acids is 1. The van der Waals surface area contributed by atoms with Gasteiger partial charge in [0.15, 0.2) is 0 Å². The molecule has 0 aliphatic carbocycles. The van der Waals surface area contributed by atoms with Gasteiger partial charge in [-0.25, -0.2) is 0 Å². The smallest absolute Gasteiger partial charge is 0.281 e. The average molecular weight is 506 g/mol. The van der Waals surface area contributed by atoms with E-state index in [-0.39, 0.29) is 11.8 Å². The molecule has 35 heavy (non-hydrogen) atoms. The quantitative estimate of drug-likeness (QED) is 0.520. The molecule has 3 aliphatic heterocycles. The van der Waals surface area contributed by atoms with E-state index < -0.39 is 10.2 Å². The van der Waals surface area contributed by atoms with Crippen LogP contribution in [0.1, 0.15) is 44.6 Å². The summed E-state index contributed by atoms with van der Waals surface area (Å²) >= 11 is 0. The van der Waals surface area contributed by atoms with E-state index in [0.29, 0.717) is 38.6 Å². The average Bonchev–Trinajstić information content (AvgIpc) is 2.88. The summed E-state index contributed by atoms with van der Waals surface area (Å²) in [6, 6.07) is 10.6. The van der Waals surface area contributed by atoms with E-state index in [1.807, 2.05) is 0 Å². The molecule has 3 heterocycles. The standard InChI is InChI=1S/C26H43N5O3S/c1-23-10-15-30(16-11-23)35(33,34)31-14-5-9-25(22-31)26(32)27-12-6-13-28-17-19-29(20-18-28)21-24-7-3-2-4-8-24/h2-4,7-8,23,25H,5-6,9-22H2,1H3,(H,27,32)/t25-/m0/s1. The molecule has 9 heteroatoms. The molecule has 1 aromatic rings. The van der Waals surface area contributed by atoms with Crippen molar-refractivity contribution in [3.8, 4) is 0 Å². The van der Waals surface area contributed by atoms with Gasteiger partial charge in [0.25, 0.3) is 10.2 Å². The first-order valence-corrected chi connectivity index (χ1v) is 14.8. The topological polar surface area (TPSA) is 76.2 Å². The summed E-state index contributed by atoms with van der Waals surface area (Å²) in [6.45, 7) is 11.1. The second-order valence-electron chi connectivity index (χ2n) is 10.5. The van der Waals surface area contributed by atoms with Crippen molar-refractivity contribution in [2.24, 2.45) is 11.8 Å². The number of piperazine rings is 1. The number of carbonyl (C=O) groups is 1. The van der Waals surface area contributed by atoms with E-state index in [4.69, 9.17) is 0 Å². The van der Waals surface area contributed by atoms with Crippen LogP contribution < -0.4 is 5.32 Å². The van der Waals surface area contributed by atoms with Crippen molar-refractivity contribution in [2.45, 2.75) is 45.6 Å². The Morgan fingerprint density at radius 2 is 1.60 bits per heavy atom. The molecule has 0 spiro atoms. The highest BCUT2D eigenvalue weighted by molar-refractivity contribution is 7.86. The highest BCUT2D eigenvalue weighted by Gasteiger charge is 2.36. The fourth-order valence-electron chi connectivity index (χ4n) is 5.42. The van der Waals surface area contributed by atoms with Gasteiger partial charge in [-0.3, -0.25) is 9.69 Å². The van der Waals surface area contributed by atoms with Crippen LogP contribution in [0.15, 0.2) is 30.3 Å². The molecular weight excluding hydrogens is 462 g/mol. The fourth-order valence-corrected chi connectivity index (χ4v) is 7.14. The normalized spacial score (nSPS) is 24.4. The molecule has 8 nitrogen and oxygen atoms in total. The van der Waals surface area contributed by atoms with Crippen molar-refractivity contribution in [2.75, 3.05) is 65.4 Å². The SMILES string of the molecule is CC1CCN(S(=O)(=O)N2CCC[C@H](C(=O)NCCCN3CCN(Cc4ccccc4)CC3)C2)CC1. The first-order chi connectivity index (χ1) is 16.9. The highest BCUT2D eigenvalue weighted by Crippen LogP contribution is 2.25. The molecule has 0 aromatic heterocycles. The Labute approximate surface area is 211 Å². The predicted octanol–water partition coefficient (Wildman–Crippen LogP) is 2.00. The van der Waals surface area contributed by atoms with E-state index >= 15 is 0 Å². The third-order valence-electron chi connectivity index (χ3n) is 7.81. The third-order valence-corrected chi connectivity index (χ3v) is 9.82. The number of hydrogen-bond acceptors (Lipinski definition) is 5. The van der Waals surface area contributed by atoms with Crippen molar-refractivity contribution in [1.29, 1.82) is 0 Å². The van der Waals surface area contributed by atoms with E-state index in [1.165, 1.54) is 5.56 Å². The number of nitrogens with one attached hydrogen (secondary N) is 1. The Balaban J connectivity index is 1.13. The van der Waals surface area contributed by atoms with E-state index in [2.05, 4.69) is 52.4 Å². The molecule has 1 atom stereocenters. The van der Waals surface area contributed by atoms with Gasteiger partial charge in [-0.15, -0.1) is 0 Å². The summed E-state index contributed by atoms with van der Waals surface area (Å²) < 4.78 is 29.3. The molecule has 0 unspecified atom stereocenters. The van der Waals surface area contributed by atoms with Crippen molar-refractivity contribution in [3.63, 3.8) is 0 Å². The van der Waals surface area contributed by atoms with Crippen LogP contribution in [0.2, 0.25) is 0 Å². The summed E-state index contributed by atoms with van der Waals surface area (Å²) in [7, 11) is -3.46. The summed E-state index contributed by atoms with van der Waals surface area (Å²) in [4.78, 5) is 17.8. The lowest BCUT2D eigenvalue weighted by atomic mass is 9.99. The van der Waals surface area contributed by atoms with Crippen LogP contribution in [-0.4, -0.2) is 98.2 Å². The number of nitrogens with zero attached hydrogens (tertiary/aromatic N) is 4. The van der Waals surface area contributed by atoms with E-state index in [1.54, 1.807) is 8.61 Å². The zero-order chi connectivity index (χ0) is 24.7. The predicted molar refractivity (Wildman–Crippen MR) is 139 cm³/mol. The Hall–Kier alpha value is -1.52. The first-order valence-electron chi connectivity index (χ1n) is 13.4. The van der Waals surface area contributed by atoms with Crippen molar-refractivity contribution < 1.29 is 13.2 Å². The second kappa shape index (κ2) is 12.6. The summed E-state index contributed by atoms with van der Waals surface area (Å²) in [5, 5.41) is 3.08. The maximum Gasteiger partial charge on any atom is 0.281 e. The van der Waals surface area contributed by atoms with Gasteiger partial charge in [-0.2, -0.15) is 17.0 Å². The van der Waals surface area contributed by atoms with Gasteiger partial charge in [0.2, 0.25) is 5.91 Å². The van der Waals surface area contributed by atoms with Gasteiger partial charge in [0.1, 0.15) is 0 Å². The van der Waals surface area contributed by atoms with Crippen LogP contribution in [-0.2, 0) is 21.5 Å². The van der Waals surface area contributed by atoms with Crippen molar-refractivity contribution in [1.82, 2.24) is 23.7 Å². The van der Waals surface area contributed by atoms with Crippen LogP contribution in [0.4, 0.5) is 0 Å². The minimum Gasteiger partial charge on any atom is -0.356 e. The Kier molecular flexibility index (Phi) is 9.58. The molecule has 0 radical (unpaired) electrons. The second-order valence-corrected chi connectivity index (χ2v) is 12.5. The lowest BCUT2D eigenvalue weighted by Crippen LogP contribution is -2.52. The highest BCUT2D eigenvalue weighted by atomic mass is 32.2. The number of benzene rings is 1. The molecule has 3 fully saturated rings. The van der Waals surface area contributed by atoms with Crippen molar-refractivity contribution >= 4 is 16.1 Å². The van der Waals surface area contributed by atoms with Crippen LogP contribution in [0, 0.1) is 11.8 Å². The number of hydrogen-bond donors (Lipinski definition) is 1. The van der Waals surface area contributed by atoms with E-state index in [0.717, 1.165) is 71.4 Å². The maximum absolute atomic E-state index is 13.1. The van der Waals surface area contributed by atoms with Crippen LogP contribution in [0.25, 0.3) is 0 Å². The first kappa shape index (κ1) is 26.5.